The van der Waals surface area contributed by atoms with Crippen molar-refractivity contribution in [1.82, 2.24) is 14.8 Å². The van der Waals surface area contributed by atoms with E-state index in [-0.39, 0.29) is 29.5 Å². The van der Waals surface area contributed by atoms with Crippen molar-refractivity contribution >= 4 is 29.9 Å². The van der Waals surface area contributed by atoms with Crippen LogP contribution in [0.25, 0.3) is 0 Å². The number of pyridine rings is 1. The van der Waals surface area contributed by atoms with Crippen LogP contribution in [0, 0.1) is 0 Å². The van der Waals surface area contributed by atoms with Crippen LogP contribution < -0.4 is 10.9 Å². The third kappa shape index (κ3) is 10.6. The minimum Gasteiger partial charge on any atom is -0.357 e. The molecule has 0 aliphatic heterocycles. The molecule has 0 aliphatic carbocycles. The Hall–Kier alpha value is -1.31. The van der Waals surface area contributed by atoms with E-state index in [1.54, 1.807) is 16.7 Å². The molecule has 0 atom stereocenters. The summed E-state index contributed by atoms with van der Waals surface area (Å²) in [5.41, 5.74) is 0.0653. The predicted octanol–water partition coefficient (Wildman–Crippen LogP) is 3.89. The van der Waals surface area contributed by atoms with Gasteiger partial charge in [-0.25, -0.2) is 0 Å². The van der Waals surface area contributed by atoms with E-state index in [0.717, 1.165) is 51.4 Å². The number of unbranched alkanes of at least 4 members (excludes halogenated alkanes) is 4. The highest BCUT2D eigenvalue weighted by Gasteiger charge is 2.04. The van der Waals surface area contributed by atoms with E-state index in [1.807, 2.05) is 18.3 Å². The standard InChI is InChI=1S/C20H34N4O.HI/c1-4-6-7-8-11-16-23(3)20(21-5-2)22-15-10-13-18-24-17-12-9-14-19(24)25;/h4,9,12,14,17H,1,5-8,10-11,13,15-16,18H2,2-3H3,(H,21,22);1H. The van der Waals surface area contributed by atoms with Gasteiger partial charge in [-0.05, 0) is 45.1 Å². The van der Waals surface area contributed by atoms with Gasteiger partial charge in [0.1, 0.15) is 0 Å². The molecule has 0 fully saturated rings. The topological polar surface area (TPSA) is 49.6 Å². The molecule has 148 valence electrons. The number of allylic oxidation sites excluding steroid dienone is 1. The quantitative estimate of drug-likeness (QED) is 0.164. The van der Waals surface area contributed by atoms with Crippen LogP contribution in [0.5, 0.6) is 0 Å². The lowest BCUT2D eigenvalue weighted by Gasteiger charge is -2.22. The predicted molar refractivity (Wildman–Crippen MR) is 123 cm³/mol. The van der Waals surface area contributed by atoms with Crippen LogP contribution in [0.4, 0.5) is 0 Å². The number of nitrogens with zero attached hydrogens (tertiary/aromatic N) is 3. The van der Waals surface area contributed by atoms with Crippen molar-refractivity contribution in [2.45, 2.75) is 52.0 Å². The fourth-order valence-electron chi connectivity index (χ4n) is 2.61. The summed E-state index contributed by atoms with van der Waals surface area (Å²) in [6.45, 7) is 9.28. The maximum atomic E-state index is 11.6. The highest BCUT2D eigenvalue weighted by molar-refractivity contribution is 14.0. The Balaban J connectivity index is 0.00000625. The van der Waals surface area contributed by atoms with E-state index in [9.17, 15) is 4.79 Å². The highest BCUT2D eigenvalue weighted by Crippen LogP contribution is 2.02. The summed E-state index contributed by atoms with van der Waals surface area (Å²) in [6.07, 6.45) is 10.5. The first kappa shape index (κ1) is 24.7. The minimum absolute atomic E-state index is 0. The van der Waals surface area contributed by atoms with Crippen LogP contribution >= 0.6 is 24.0 Å². The van der Waals surface area contributed by atoms with Crippen molar-refractivity contribution in [3.63, 3.8) is 0 Å². The monoisotopic (exact) mass is 474 g/mol. The van der Waals surface area contributed by atoms with Gasteiger partial charge < -0.3 is 14.8 Å². The number of hydrogen-bond donors (Lipinski definition) is 1. The number of nitrogens with one attached hydrogen (secondary N) is 1. The molecule has 0 unspecified atom stereocenters. The Morgan fingerprint density at radius 3 is 2.77 bits per heavy atom. The summed E-state index contributed by atoms with van der Waals surface area (Å²) >= 11 is 0. The van der Waals surface area contributed by atoms with Crippen molar-refractivity contribution in [3.8, 4) is 0 Å². The van der Waals surface area contributed by atoms with Gasteiger partial charge >= 0.3 is 0 Å². The molecule has 26 heavy (non-hydrogen) atoms. The van der Waals surface area contributed by atoms with Gasteiger partial charge in [-0.15, -0.1) is 30.6 Å². The SMILES string of the molecule is C=CCCCCCN(C)C(=NCCCCn1ccccc1=O)NCC.I. The van der Waals surface area contributed by atoms with Gasteiger partial charge in [-0.3, -0.25) is 9.79 Å². The Labute approximate surface area is 175 Å². The number of aryl methyl sites for hydroxylation is 1. The number of rotatable bonds is 12. The number of halogens is 1. The lowest BCUT2D eigenvalue weighted by molar-refractivity contribution is 0.454. The Morgan fingerprint density at radius 2 is 2.08 bits per heavy atom. The maximum absolute atomic E-state index is 11.6. The summed E-state index contributed by atoms with van der Waals surface area (Å²) in [6, 6.07) is 5.28. The second-order valence-electron chi connectivity index (χ2n) is 6.23. The lowest BCUT2D eigenvalue weighted by atomic mass is 10.2. The van der Waals surface area contributed by atoms with E-state index >= 15 is 0 Å². The van der Waals surface area contributed by atoms with Crippen LogP contribution in [-0.4, -0.2) is 42.1 Å². The van der Waals surface area contributed by atoms with E-state index in [2.05, 4.69) is 30.8 Å². The normalized spacial score (nSPS) is 10.9. The molecule has 0 spiro atoms. The first-order valence-electron chi connectivity index (χ1n) is 9.44. The van der Waals surface area contributed by atoms with E-state index in [1.165, 1.54) is 19.3 Å². The van der Waals surface area contributed by atoms with Crippen LogP contribution in [-0.2, 0) is 6.54 Å². The van der Waals surface area contributed by atoms with Crippen molar-refractivity contribution in [3.05, 3.63) is 47.4 Å². The Bertz CT molecular complexity index is 571. The number of aromatic nitrogens is 1. The van der Waals surface area contributed by atoms with Gasteiger partial charge in [0, 0.05) is 45.5 Å². The molecule has 0 aromatic carbocycles. The molecule has 1 rings (SSSR count). The fraction of sp³-hybridized carbons (Fsp3) is 0.600. The minimum atomic E-state index is 0. The zero-order valence-electron chi connectivity index (χ0n) is 16.3. The van der Waals surface area contributed by atoms with Gasteiger partial charge in [-0.2, -0.15) is 0 Å². The molecular weight excluding hydrogens is 439 g/mol. The molecule has 1 N–H and O–H groups in total. The number of hydrogen-bond acceptors (Lipinski definition) is 2. The third-order valence-corrected chi connectivity index (χ3v) is 4.07. The second kappa shape index (κ2) is 15.9. The molecule has 0 saturated heterocycles. The molecule has 0 saturated carbocycles. The van der Waals surface area contributed by atoms with Crippen molar-refractivity contribution in [2.24, 2.45) is 4.99 Å². The molecule has 6 heteroatoms. The fourth-order valence-corrected chi connectivity index (χ4v) is 2.61. The molecule has 0 bridgehead atoms. The van der Waals surface area contributed by atoms with Gasteiger partial charge in [0.05, 0.1) is 0 Å². The van der Waals surface area contributed by atoms with E-state index in [4.69, 9.17) is 4.99 Å². The van der Waals surface area contributed by atoms with Crippen molar-refractivity contribution in [2.75, 3.05) is 26.7 Å². The largest absolute Gasteiger partial charge is 0.357 e. The average molecular weight is 474 g/mol. The van der Waals surface area contributed by atoms with Crippen LogP contribution in [0.15, 0.2) is 46.8 Å². The zero-order chi connectivity index (χ0) is 18.3. The number of guanidine groups is 1. The average Bonchev–Trinajstić information content (AvgIpc) is 2.61. The Kier molecular flexibility index (Phi) is 15.1. The second-order valence-corrected chi connectivity index (χ2v) is 6.23. The van der Waals surface area contributed by atoms with Gasteiger partial charge in [-0.1, -0.05) is 18.6 Å². The third-order valence-electron chi connectivity index (χ3n) is 4.07. The molecular formula is C20H35IN4O. The number of aliphatic imine (C=N–C) groups is 1. The Morgan fingerprint density at radius 1 is 1.27 bits per heavy atom. The van der Waals surface area contributed by atoms with Crippen LogP contribution in [0.2, 0.25) is 0 Å². The lowest BCUT2D eigenvalue weighted by Crippen LogP contribution is -2.39. The smallest absolute Gasteiger partial charge is 0.250 e. The van der Waals surface area contributed by atoms with E-state index < -0.39 is 0 Å². The first-order chi connectivity index (χ1) is 12.2. The summed E-state index contributed by atoms with van der Waals surface area (Å²) in [5.74, 6) is 0.975. The molecule has 1 heterocycles. The van der Waals surface area contributed by atoms with E-state index in [0.29, 0.717) is 0 Å². The van der Waals surface area contributed by atoms with Crippen LogP contribution in [0.3, 0.4) is 0 Å². The van der Waals surface area contributed by atoms with Crippen LogP contribution in [0.1, 0.15) is 45.4 Å². The zero-order valence-corrected chi connectivity index (χ0v) is 18.7. The maximum Gasteiger partial charge on any atom is 0.250 e. The summed E-state index contributed by atoms with van der Waals surface area (Å²) in [4.78, 5) is 18.6. The van der Waals surface area contributed by atoms with Gasteiger partial charge in [0.2, 0.25) is 5.56 Å². The van der Waals surface area contributed by atoms with Crippen molar-refractivity contribution in [1.29, 1.82) is 0 Å². The molecule has 5 nitrogen and oxygen atoms in total. The molecule has 0 radical (unpaired) electrons. The van der Waals surface area contributed by atoms with Crippen molar-refractivity contribution < 1.29 is 0 Å². The first-order valence-corrected chi connectivity index (χ1v) is 9.44. The molecule has 0 amide bonds. The molecule has 1 aromatic heterocycles. The molecule has 0 aliphatic rings. The van der Waals surface area contributed by atoms with Gasteiger partial charge in [0.25, 0.3) is 0 Å². The van der Waals surface area contributed by atoms with Gasteiger partial charge in [0.15, 0.2) is 5.96 Å². The summed E-state index contributed by atoms with van der Waals surface area (Å²) in [7, 11) is 2.10. The summed E-state index contributed by atoms with van der Waals surface area (Å²) < 4.78 is 1.75. The highest BCUT2D eigenvalue weighted by atomic mass is 127. The molecule has 1 aromatic rings. The summed E-state index contributed by atoms with van der Waals surface area (Å²) in [5, 5.41) is 3.36.